The van der Waals surface area contributed by atoms with E-state index >= 15 is 0 Å². The van der Waals surface area contributed by atoms with E-state index in [1.807, 2.05) is 0 Å². The Labute approximate surface area is 229 Å². The molecule has 5 atom stereocenters. The Morgan fingerprint density at radius 1 is 1.12 bits per heavy atom. The van der Waals surface area contributed by atoms with E-state index in [-0.39, 0.29) is 24.2 Å². The predicted octanol–water partition coefficient (Wildman–Crippen LogP) is 0.973. The summed E-state index contributed by atoms with van der Waals surface area (Å²) in [7, 11) is 0. The molecule has 40 heavy (non-hydrogen) atoms. The van der Waals surface area contributed by atoms with Gasteiger partial charge in [0.25, 0.3) is 0 Å². The number of aromatic carboxylic acids is 1. The number of hydrogen-bond donors (Lipinski definition) is 2. The molecule has 0 bridgehead atoms. The molecule has 0 saturated carbocycles. The van der Waals surface area contributed by atoms with E-state index in [1.165, 1.54) is 12.3 Å². The van der Waals surface area contributed by atoms with E-state index in [4.69, 9.17) is 19.3 Å². The topological polar surface area (TPSA) is 134 Å². The van der Waals surface area contributed by atoms with E-state index in [2.05, 4.69) is 35.3 Å². The lowest BCUT2D eigenvalue weighted by Crippen LogP contribution is -2.62. The number of aromatic nitrogens is 2. The van der Waals surface area contributed by atoms with Crippen molar-refractivity contribution < 1.29 is 37.3 Å². The van der Waals surface area contributed by atoms with Gasteiger partial charge in [-0.3, -0.25) is 19.8 Å². The van der Waals surface area contributed by atoms with Gasteiger partial charge < -0.3 is 24.6 Å². The SMILES string of the molecule is CC1(C)O[C@@H]2[C@H](O1)[C@@H](N=C1C=NCC(C)(C(F)(F)F)N1)CO[C@@H]2CN1CCN(Cc2ccc(C(=O)O)nn2)CC1. The number of nitrogens with zero attached hydrogens (tertiary/aromatic N) is 6. The Hall–Kier alpha value is -2.72. The van der Waals surface area contributed by atoms with Crippen LogP contribution in [0.25, 0.3) is 0 Å². The van der Waals surface area contributed by atoms with Gasteiger partial charge in [0.1, 0.15) is 24.1 Å². The van der Waals surface area contributed by atoms with Gasteiger partial charge in [-0.05, 0) is 32.9 Å². The van der Waals surface area contributed by atoms with Gasteiger partial charge in [-0.1, -0.05) is 0 Å². The molecule has 15 heteroatoms. The standard InChI is InChI=1S/C25H34F3N7O5/c1-23(2)39-20-17(30-19-10-29-14-24(3,31-19)25(26,27)28)13-38-18(21(20)40-23)12-35-8-6-34(7-9-35)11-15-4-5-16(22(36)37)33-32-15/h4-5,10,17-18,20-21H,6-9,11-14H2,1-3H3,(H,30,31)(H,36,37)/t17-,18+,20+,21-,24?/m0/s1. The number of carboxylic acids is 1. The van der Waals surface area contributed by atoms with Crippen LogP contribution in [-0.2, 0) is 20.8 Å². The summed E-state index contributed by atoms with van der Waals surface area (Å²) in [6, 6.07) is 2.57. The van der Waals surface area contributed by atoms with Crippen LogP contribution in [0.15, 0.2) is 22.1 Å². The average Bonchev–Trinajstić information content (AvgIpc) is 3.22. The highest BCUT2D eigenvalue weighted by atomic mass is 19.4. The Bertz CT molecular complexity index is 1140. The van der Waals surface area contributed by atoms with Gasteiger partial charge in [-0.15, -0.1) is 5.10 Å². The summed E-state index contributed by atoms with van der Waals surface area (Å²) in [4.78, 5) is 23.9. The molecule has 0 aromatic carbocycles. The summed E-state index contributed by atoms with van der Waals surface area (Å²) in [6.45, 7) is 8.74. The molecule has 4 aliphatic heterocycles. The minimum absolute atomic E-state index is 0.0450. The van der Waals surface area contributed by atoms with Gasteiger partial charge in [0, 0.05) is 39.3 Å². The molecular formula is C25H34F3N7O5. The number of nitrogens with one attached hydrogen (secondary N) is 1. The van der Waals surface area contributed by atoms with Crippen LogP contribution in [0, 0.1) is 0 Å². The zero-order valence-electron chi connectivity index (χ0n) is 22.6. The van der Waals surface area contributed by atoms with Crippen molar-refractivity contribution >= 4 is 18.0 Å². The van der Waals surface area contributed by atoms with E-state index in [1.54, 1.807) is 19.9 Å². The van der Waals surface area contributed by atoms with E-state index in [0.29, 0.717) is 18.8 Å². The fraction of sp³-hybridized carbons (Fsp3) is 0.720. The Morgan fingerprint density at radius 3 is 2.48 bits per heavy atom. The first kappa shape index (κ1) is 28.8. The lowest BCUT2D eigenvalue weighted by Gasteiger charge is -2.41. The van der Waals surface area contributed by atoms with Crippen LogP contribution in [0.4, 0.5) is 13.2 Å². The summed E-state index contributed by atoms with van der Waals surface area (Å²) >= 11 is 0. The molecule has 12 nitrogen and oxygen atoms in total. The molecule has 5 rings (SSSR count). The number of carbonyl (C=O) groups is 1. The molecule has 0 amide bonds. The van der Waals surface area contributed by atoms with E-state index < -0.39 is 48.3 Å². The maximum Gasteiger partial charge on any atom is 0.413 e. The van der Waals surface area contributed by atoms with Gasteiger partial charge in [0.15, 0.2) is 17.0 Å². The number of fused-ring (bicyclic) bond motifs is 1. The highest BCUT2D eigenvalue weighted by molar-refractivity contribution is 6.30. The van der Waals surface area contributed by atoms with Gasteiger partial charge in [0.2, 0.25) is 0 Å². The quantitative estimate of drug-likeness (QED) is 0.511. The smallest absolute Gasteiger partial charge is 0.413 e. The maximum absolute atomic E-state index is 13.5. The number of halogens is 3. The second-order valence-electron chi connectivity index (χ2n) is 11.2. The summed E-state index contributed by atoms with van der Waals surface area (Å²) in [5.41, 5.74) is -1.57. The first-order valence-corrected chi connectivity index (χ1v) is 13.2. The van der Waals surface area contributed by atoms with Crippen molar-refractivity contribution in [2.24, 2.45) is 9.98 Å². The Morgan fingerprint density at radius 2 is 1.82 bits per heavy atom. The third kappa shape index (κ3) is 6.28. The van der Waals surface area contributed by atoms with Crippen LogP contribution in [0.2, 0.25) is 0 Å². The number of aliphatic imine (C=N–C) groups is 2. The zero-order valence-corrected chi connectivity index (χ0v) is 22.6. The number of hydrogen-bond acceptors (Lipinski definition) is 10. The van der Waals surface area contributed by atoms with Crippen molar-refractivity contribution in [1.29, 1.82) is 0 Å². The minimum Gasteiger partial charge on any atom is -0.476 e. The van der Waals surface area contributed by atoms with Crippen LogP contribution >= 0.6 is 0 Å². The first-order valence-electron chi connectivity index (χ1n) is 13.2. The van der Waals surface area contributed by atoms with Gasteiger partial charge in [0.05, 0.1) is 31.2 Å². The number of rotatable bonds is 6. The van der Waals surface area contributed by atoms with Crippen LogP contribution in [0.5, 0.6) is 0 Å². The summed E-state index contributed by atoms with van der Waals surface area (Å²) < 4.78 is 59.2. The van der Waals surface area contributed by atoms with Crippen LogP contribution in [0.3, 0.4) is 0 Å². The van der Waals surface area contributed by atoms with Crippen molar-refractivity contribution in [2.45, 2.75) is 69.2 Å². The summed E-state index contributed by atoms with van der Waals surface area (Å²) in [5.74, 6) is -1.95. The fourth-order valence-corrected chi connectivity index (χ4v) is 5.33. The third-order valence-corrected chi connectivity index (χ3v) is 7.57. The van der Waals surface area contributed by atoms with Crippen LogP contribution in [-0.4, -0.2) is 131 Å². The molecule has 2 N–H and O–H groups in total. The molecule has 5 heterocycles. The van der Waals surface area contributed by atoms with Crippen molar-refractivity contribution in [3.63, 3.8) is 0 Å². The van der Waals surface area contributed by atoms with Crippen molar-refractivity contribution in [2.75, 3.05) is 45.9 Å². The molecule has 0 spiro atoms. The highest BCUT2D eigenvalue weighted by Gasteiger charge is 2.54. The van der Waals surface area contributed by atoms with E-state index in [0.717, 1.165) is 33.1 Å². The number of ether oxygens (including phenoxy) is 3. The molecule has 3 saturated heterocycles. The molecule has 1 unspecified atom stereocenters. The lowest BCUT2D eigenvalue weighted by atomic mass is 9.97. The highest BCUT2D eigenvalue weighted by Crippen LogP contribution is 2.37. The van der Waals surface area contributed by atoms with Gasteiger partial charge in [-0.25, -0.2) is 4.79 Å². The molecule has 3 fully saturated rings. The molecule has 0 aliphatic carbocycles. The summed E-state index contributed by atoms with van der Waals surface area (Å²) in [5, 5.41) is 19.2. The minimum atomic E-state index is -4.49. The fourth-order valence-electron chi connectivity index (χ4n) is 5.33. The second-order valence-corrected chi connectivity index (χ2v) is 11.2. The van der Waals surface area contributed by atoms with Gasteiger partial charge in [-0.2, -0.15) is 18.3 Å². The molecule has 1 aromatic rings. The van der Waals surface area contributed by atoms with Gasteiger partial charge >= 0.3 is 12.1 Å². The summed E-state index contributed by atoms with van der Waals surface area (Å²) in [6.07, 6.45) is -4.38. The van der Waals surface area contributed by atoms with Crippen LogP contribution < -0.4 is 5.32 Å². The van der Waals surface area contributed by atoms with Crippen molar-refractivity contribution in [3.05, 3.63) is 23.5 Å². The third-order valence-electron chi connectivity index (χ3n) is 7.57. The predicted molar refractivity (Wildman–Crippen MR) is 136 cm³/mol. The van der Waals surface area contributed by atoms with E-state index in [9.17, 15) is 18.0 Å². The molecule has 220 valence electrons. The monoisotopic (exact) mass is 569 g/mol. The zero-order chi connectivity index (χ0) is 28.7. The van der Waals surface area contributed by atoms with Crippen LogP contribution in [0.1, 0.15) is 37.0 Å². The second kappa shape index (κ2) is 10.9. The van der Waals surface area contributed by atoms with Crippen molar-refractivity contribution in [1.82, 2.24) is 25.3 Å². The largest absolute Gasteiger partial charge is 0.476 e. The number of amidine groups is 1. The average molecular weight is 570 g/mol. The number of carboxylic acid groups (broad SMARTS) is 1. The Kier molecular flexibility index (Phi) is 7.87. The lowest BCUT2D eigenvalue weighted by molar-refractivity contribution is -0.183. The maximum atomic E-state index is 13.5. The van der Waals surface area contributed by atoms with Crippen molar-refractivity contribution in [3.8, 4) is 0 Å². The first-order chi connectivity index (χ1) is 18.8. The molecular weight excluding hydrogens is 535 g/mol. The number of piperazine rings is 1. The Balaban J connectivity index is 1.18. The normalized spacial score (nSPS) is 34.0. The molecule has 0 radical (unpaired) electrons. The molecule has 4 aliphatic rings. The molecule has 1 aromatic heterocycles. The number of alkyl halides is 3.